The first-order chi connectivity index (χ1) is 4.38. The molecule has 1 aliphatic carbocycles. The second kappa shape index (κ2) is 3.57. The molecule has 0 bridgehead atoms. The van der Waals surface area contributed by atoms with Crippen molar-refractivity contribution in [3.63, 3.8) is 0 Å². The van der Waals surface area contributed by atoms with Crippen molar-refractivity contribution < 1.29 is 0 Å². The van der Waals surface area contributed by atoms with Gasteiger partial charge in [-0.15, -0.1) is 0 Å². The molecule has 0 unspecified atom stereocenters. The summed E-state index contributed by atoms with van der Waals surface area (Å²) in [6, 6.07) is 0.938. The summed E-state index contributed by atoms with van der Waals surface area (Å²) >= 11 is 3.45. The van der Waals surface area contributed by atoms with Crippen molar-refractivity contribution in [2.45, 2.75) is 25.8 Å². The SMILES string of the molecule is CCN(CCBr)C1CC1. The summed E-state index contributed by atoms with van der Waals surface area (Å²) < 4.78 is 0. The molecule has 1 fully saturated rings. The summed E-state index contributed by atoms with van der Waals surface area (Å²) in [5, 5.41) is 1.12. The first-order valence-electron chi connectivity index (χ1n) is 3.68. The van der Waals surface area contributed by atoms with Crippen LogP contribution in [-0.2, 0) is 0 Å². The van der Waals surface area contributed by atoms with Crippen LogP contribution < -0.4 is 0 Å². The van der Waals surface area contributed by atoms with Crippen molar-refractivity contribution in [2.75, 3.05) is 18.4 Å². The third-order valence-electron chi connectivity index (χ3n) is 1.84. The molecule has 1 saturated carbocycles. The van der Waals surface area contributed by atoms with Crippen molar-refractivity contribution in [1.82, 2.24) is 4.90 Å². The van der Waals surface area contributed by atoms with Crippen LogP contribution in [0.2, 0.25) is 0 Å². The molecule has 0 atom stereocenters. The summed E-state index contributed by atoms with van der Waals surface area (Å²) in [6.07, 6.45) is 2.86. The molecule has 1 aliphatic rings. The lowest BCUT2D eigenvalue weighted by molar-refractivity contribution is 0.297. The van der Waals surface area contributed by atoms with Gasteiger partial charge in [-0.1, -0.05) is 22.9 Å². The van der Waals surface area contributed by atoms with E-state index in [1.54, 1.807) is 0 Å². The van der Waals surface area contributed by atoms with Gasteiger partial charge in [-0.3, -0.25) is 4.90 Å². The van der Waals surface area contributed by atoms with Gasteiger partial charge in [0, 0.05) is 17.9 Å². The van der Waals surface area contributed by atoms with Crippen LogP contribution in [0.1, 0.15) is 19.8 Å². The van der Waals surface area contributed by atoms with E-state index in [0.29, 0.717) is 0 Å². The van der Waals surface area contributed by atoms with E-state index >= 15 is 0 Å². The molecule has 0 heterocycles. The quantitative estimate of drug-likeness (QED) is 0.614. The molecule has 0 spiro atoms. The fourth-order valence-corrected chi connectivity index (χ4v) is 1.60. The molecule has 54 valence electrons. The normalized spacial score (nSPS) is 19.0. The summed E-state index contributed by atoms with van der Waals surface area (Å²) in [5.41, 5.74) is 0. The zero-order valence-corrected chi connectivity index (χ0v) is 7.52. The molecular weight excluding hydrogens is 178 g/mol. The van der Waals surface area contributed by atoms with Crippen molar-refractivity contribution in [1.29, 1.82) is 0 Å². The molecule has 1 nitrogen and oxygen atoms in total. The fourth-order valence-electron chi connectivity index (χ4n) is 1.15. The van der Waals surface area contributed by atoms with Gasteiger partial charge in [-0.05, 0) is 19.4 Å². The number of hydrogen-bond acceptors (Lipinski definition) is 1. The standard InChI is InChI=1S/C7H14BrN/c1-2-9(6-5-8)7-3-4-7/h7H,2-6H2,1H3. The zero-order valence-electron chi connectivity index (χ0n) is 5.94. The molecular formula is C7H14BrN. The van der Waals surface area contributed by atoms with Gasteiger partial charge in [0.1, 0.15) is 0 Å². The predicted molar refractivity (Wildman–Crippen MR) is 44.1 cm³/mol. The Morgan fingerprint density at radius 1 is 1.56 bits per heavy atom. The van der Waals surface area contributed by atoms with Gasteiger partial charge in [0.15, 0.2) is 0 Å². The molecule has 0 aromatic rings. The lowest BCUT2D eigenvalue weighted by Crippen LogP contribution is -2.27. The van der Waals surface area contributed by atoms with E-state index < -0.39 is 0 Å². The van der Waals surface area contributed by atoms with E-state index in [-0.39, 0.29) is 0 Å². The van der Waals surface area contributed by atoms with Gasteiger partial charge in [-0.25, -0.2) is 0 Å². The molecule has 9 heavy (non-hydrogen) atoms. The third-order valence-corrected chi connectivity index (χ3v) is 2.20. The maximum atomic E-state index is 3.45. The molecule has 1 rings (SSSR count). The van der Waals surface area contributed by atoms with Crippen molar-refractivity contribution >= 4 is 15.9 Å². The largest absolute Gasteiger partial charge is 0.300 e. The average Bonchev–Trinajstić information content (AvgIpc) is 2.64. The number of hydrogen-bond donors (Lipinski definition) is 0. The number of alkyl halides is 1. The predicted octanol–water partition coefficient (Wildman–Crippen LogP) is 1.87. The van der Waals surface area contributed by atoms with Crippen molar-refractivity contribution in [3.05, 3.63) is 0 Å². The van der Waals surface area contributed by atoms with Crippen LogP contribution >= 0.6 is 15.9 Å². The van der Waals surface area contributed by atoms with Crippen LogP contribution in [0.3, 0.4) is 0 Å². The molecule has 0 aromatic carbocycles. The lowest BCUT2D eigenvalue weighted by atomic mass is 10.5. The lowest BCUT2D eigenvalue weighted by Gasteiger charge is -2.17. The molecule has 2 heteroatoms. The van der Waals surface area contributed by atoms with Crippen LogP contribution in [0.5, 0.6) is 0 Å². The van der Waals surface area contributed by atoms with Gasteiger partial charge in [0.05, 0.1) is 0 Å². The zero-order chi connectivity index (χ0) is 6.69. The van der Waals surface area contributed by atoms with Gasteiger partial charge in [0.2, 0.25) is 0 Å². The van der Waals surface area contributed by atoms with E-state index in [1.807, 2.05) is 0 Å². The van der Waals surface area contributed by atoms with Crippen molar-refractivity contribution in [2.24, 2.45) is 0 Å². The molecule has 0 N–H and O–H groups in total. The maximum Gasteiger partial charge on any atom is 0.0159 e. The van der Waals surface area contributed by atoms with E-state index in [0.717, 1.165) is 11.4 Å². The Labute approximate surface area is 65.6 Å². The number of rotatable bonds is 4. The highest BCUT2D eigenvalue weighted by atomic mass is 79.9. The second-order valence-electron chi connectivity index (χ2n) is 2.55. The minimum Gasteiger partial charge on any atom is -0.300 e. The molecule has 0 saturated heterocycles. The second-order valence-corrected chi connectivity index (χ2v) is 3.34. The van der Waals surface area contributed by atoms with Gasteiger partial charge >= 0.3 is 0 Å². The number of halogens is 1. The Kier molecular flexibility index (Phi) is 2.99. The number of nitrogens with zero attached hydrogens (tertiary/aromatic N) is 1. The minimum absolute atomic E-state index is 0.938. The van der Waals surface area contributed by atoms with E-state index in [1.165, 1.54) is 25.9 Å². The van der Waals surface area contributed by atoms with Gasteiger partial charge in [0.25, 0.3) is 0 Å². The highest BCUT2D eigenvalue weighted by Crippen LogP contribution is 2.26. The van der Waals surface area contributed by atoms with E-state index in [4.69, 9.17) is 0 Å². The van der Waals surface area contributed by atoms with E-state index in [9.17, 15) is 0 Å². The highest BCUT2D eigenvalue weighted by Gasteiger charge is 2.26. The monoisotopic (exact) mass is 191 g/mol. The van der Waals surface area contributed by atoms with Crippen LogP contribution in [0.25, 0.3) is 0 Å². The van der Waals surface area contributed by atoms with Crippen molar-refractivity contribution in [3.8, 4) is 0 Å². The topological polar surface area (TPSA) is 3.24 Å². The summed E-state index contributed by atoms with van der Waals surface area (Å²) in [5.74, 6) is 0. The Morgan fingerprint density at radius 2 is 2.22 bits per heavy atom. The third kappa shape index (κ3) is 2.26. The molecule has 0 amide bonds. The maximum absolute atomic E-state index is 3.45. The summed E-state index contributed by atoms with van der Waals surface area (Å²) in [6.45, 7) is 4.68. The van der Waals surface area contributed by atoms with Gasteiger partial charge in [-0.2, -0.15) is 0 Å². The Morgan fingerprint density at radius 3 is 2.56 bits per heavy atom. The highest BCUT2D eigenvalue weighted by molar-refractivity contribution is 9.09. The first-order valence-corrected chi connectivity index (χ1v) is 4.80. The molecule has 0 aromatic heterocycles. The average molecular weight is 192 g/mol. The summed E-state index contributed by atoms with van der Waals surface area (Å²) in [4.78, 5) is 2.54. The van der Waals surface area contributed by atoms with Crippen LogP contribution in [0.4, 0.5) is 0 Å². The van der Waals surface area contributed by atoms with Crippen LogP contribution in [0, 0.1) is 0 Å². The summed E-state index contributed by atoms with van der Waals surface area (Å²) in [7, 11) is 0. The van der Waals surface area contributed by atoms with Crippen LogP contribution in [-0.4, -0.2) is 29.4 Å². The fraction of sp³-hybridized carbons (Fsp3) is 1.00. The Balaban J connectivity index is 2.12. The minimum atomic E-state index is 0.938. The van der Waals surface area contributed by atoms with Gasteiger partial charge < -0.3 is 0 Å². The van der Waals surface area contributed by atoms with Crippen LogP contribution in [0.15, 0.2) is 0 Å². The smallest absolute Gasteiger partial charge is 0.0159 e. The molecule has 0 aliphatic heterocycles. The molecule has 0 radical (unpaired) electrons. The Hall–Kier alpha value is 0.440. The Bertz CT molecular complexity index is 81.0. The van der Waals surface area contributed by atoms with E-state index in [2.05, 4.69) is 27.8 Å². The first kappa shape index (κ1) is 7.55.